The third-order valence-corrected chi connectivity index (χ3v) is 3.21. The molecular weight excluding hydrogens is 204 g/mol. The van der Waals surface area contributed by atoms with Crippen molar-refractivity contribution in [2.75, 3.05) is 13.2 Å². The van der Waals surface area contributed by atoms with Crippen molar-refractivity contribution in [3.05, 3.63) is 18.0 Å². The van der Waals surface area contributed by atoms with Crippen LogP contribution in [0.4, 0.5) is 0 Å². The third kappa shape index (κ3) is 2.61. The molecule has 1 aromatic heterocycles. The van der Waals surface area contributed by atoms with Crippen LogP contribution in [0.3, 0.4) is 0 Å². The molecule has 1 saturated heterocycles. The van der Waals surface area contributed by atoms with Crippen LogP contribution in [0.25, 0.3) is 0 Å². The van der Waals surface area contributed by atoms with Gasteiger partial charge >= 0.3 is 0 Å². The molecule has 1 fully saturated rings. The zero-order valence-electron chi connectivity index (χ0n) is 9.72. The van der Waals surface area contributed by atoms with Crippen molar-refractivity contribution in [2.45, 2.75) is 32.4 Å². The largest absolute Gasteiger partial charge is 0.381 e. The lowest BCUT2D eigenvalue weighted by Gasteiger charge is -2.20. The van der Waals surface area contributed by atoms with Crippen molar-refractivity contribution in [1.29, 1.82) is 0 Å². The number of aryl methyl sites for hydroxylation is 1. The lowest BCUT2D eigenvalue weighted by molar-refractivity contribution is 0.176. The minimum Gasteiger partial charge on any atom is -0.381 e. The number of nitrogens with zero attached hydrogens (tertiary/aromatic N) is 2. The molecule has 16 heavy (non-hydrogen) atoms. The van der Waals surface area contributed by atoms with Gasteiger partial charge in [0.1, 0.15) is 0 Å². The normalized spacial score (nSPS) is 22.5. The maximum atomic E-state index is 5.61. The zero-order valence-corrected chi connectivity index (χ0v) is 9.72. The van der Waals surface area contributed by atoms with E-state index in [4.69, 9.17) is 10.6 Å². The molecule has 1 aliphatic heterocycles. The quantitative estimate of drug-likeness (QED) is 0.558. The van der Waals surface area contributed by atoms with Crippen molar-refractivity contribution in [3.63, 3.8) is 0 Å². The molecule has 5 heteroatoms. The number of nitrogens with two attached hydrogens (primary N) is 1. The Morgan fingerprint density at radius 2 is 2.62 bits per heavy atom. The fourth-order valence-electron chi connectivity index (χ4n) is 2.17. The van der Waals surface area contributed by atoms with E-state index in [1.54, 1.807) is 0 Å². The zero-order chi connectivity index (χ0) is 11.4. The molecule has 2 unspecified atom stereocenters. The fourth-order valence-corrected chi connectivity index (χ4v) is 2.17. The molecule has 0 aliphatic carbocycles. The van der Waals surface area contributed by atoms with Crippen molar-refractivity contribution in [3.8, 4) is 0 Å². The first-order valence-corrected chi connectivity index (χ1v) is 5.88. The van der Waals surface area contributed by atoms with Gasteiger partial charge in [-0.2, -0.15) is 5.10 Å². The summed E-state index contributed by atoms with van der Waals surface area (Å²) < 4.78 is 7.33. The second kappa shape index (κ2) is 5.43. The van der Waals surface area contributed by atoms with Gasteiger partial charge in [0.15, 0.2) is 0 Å². The molecule has 0 saturated carbocycles. The number of hydrogen-bond acceptors (Lipinski definition) is 4. The van der Waals surface area contributed by atoms with Gasteiger partial charge in [0.05, 0.1) is 12.8 Å². The van der Waals surface area contributed by atoms with Gasteiger partial charge in [0, 0.05) is 31.3 Å². The molecule has 0 amide bonds. The van der Waals surface area contributed by atoms with Gasteiger partial charge in [0.25, 0.3) is 0 Å². The molecule has 1 aliphatic rings. The van der Waals surface area contributed by atoms with Crippen LogP contribution in [0.15, 0.2) is 12.4 Å². The highest BCUT2D eigenvalue weighted by Crippen LogP contribution is 2.19. The number of aromatic nitrogens is 2. The summed E-state index contributed by atoms with van der Waals surface area (Å²) in [6.07, 6.45) is 6.02. The van der Waals surface area contributed by atoms with Crippen LogP contribution in [0, 0.1) is 5.92 Å². The van der Waals surface area contributed by atoms with Crippen LogP contribution < -0.4 is 11.3 Å². The average molecular weight is 224 g/mol. The molecule has 2 heterocycles. The molecule has 2 atom stereocenters. The molecule has 3 N–H and O–H groups in total. The van der Waals surface area contributed by atoms with E-state index in [-0.39, 0.29) is 6.04 Å². The Hall–Kier alpha value is -0.910. The summed E-state index contributed by atoms with van der Waals surface area (Å²) in [5, 5.41) is 4.27. The van der Waals surface area contributed by atoms with Gasteiger partial charge in [-0.25, -0.2) is 0 Å². The summed E-state index contributed by atoms with van der Waals surface area (Å²) in [5.41, 5.74) is 4.14. The Balaban J connectivity index is 1.94. The monoisotopic (exact) mass is 224 g/mol. The SMILES string of the molecule is CCn1cc(CC(NN)C2CCOC2)cn1. The van der Waals surface area contributed by atoms with Crippen LogP contribution in [0.1, 0.15) is 18.9 Å². The predicted octanol–water partition coefficient (Wildman–Crippen LogP) is 0.314. The summed E-state index contributed by atoms with van der Waals surface area (Å²) in [4.78, 5) is 0. The predicted molar refractivity (Wildman–Crippen MR) is 61.6 cm³/mol. The lowest BCUT2D eigenvalue weighted by atomic mass is 9.95. The molecule has 5 nitrogen and oxygen atoms in total. The molecule has 90 valence electrons. The second-order valence-electron chi connectivity index (χ2n) is 4.31. The van der Waals surface area contributed by atoms with E-state index in [1.807, 2.05) is 10.9 Å². The minimum atomic E-state index is 0.289. The van der Waals surface area contributed by atoms with Crippen molar-refractivity contribution >= 4 is 0 Å². The maximum Gasteiger partial charge on any atom is 0.0522 e. The van der Waals surface area contributed by atoms with Crippen LogP contribution in [0.2, 0.25) is 0 Å². The van der Waals surface area contributed by atoms with Gasteiger partial charge in [-0.15, -0.1) is 0 Å². The summed E-state index contributed by atoms with van der Waals surface area (Å²) >= 11 is 0. The van der Waals surface area contributed by atoms with E-state index >= 15 is 0 Å². The van der Waals surface area contributed by atoms with Crippen molar-refractivity contribution < 1.29 is 4.74 Å². The molecule has 2 rings (SSSR count). The standard InChI is InChI=1S/C11H20N4O/c1-2-15-7-9(6-13-15)5-11(14-12)10-3-4-16-8-10/h6-7,10-11,14H,2-5,8,12H2,1H3. The highest BCUT2D eigenvalue weighted by atomic mass is 16.5. The first-order chi connectivity index (χ1) is 7.83. The molecule has 0 spiro atoms. The van der Waals surface area contributed by atoms with Crippen molar-refractivity contribution in [2.24, 2.45) is 11.8 Å². The van der Waals surface area contributed by atoms with E-state index in [1.165, 1.54) is 5.56 Å². The van der Waals surface area contributed by atoms with Gasteiger partial charge in [-0.3, -0.25) is 16.0 Å². The third-order valence-electron chi connectivity index (χ3n) is 3.21. The summed E-state index contributed by atoms with van der Waals surface area (Å²) in [5.74, 6) is 6.13. The fraction of sp³-hybridized carbons (Fsp3) is 0.727. The molecule has 0 radical (unpaired) electrons. The Labute approximate surface area is 95.9 Å². The van der Waals surface area contributed by atoms with E-state index in [2.05, 4.69) is 23.6 Å². The molecule has 0 aromatic carbocycles. The van der Waals surface area contributed by atoms with E-state index in [0.29, 0.717) is 5.92 Å². The summed E-state index contributed by atoms with van der Waals surface area (Å²) in [7, 11) is 0. The topological polar surface area (TPSA) is 65.1 Å². The Bertz CT molecular complexity index is 320. The molecule has 0 bridgehead atoms. The molecular formula is C11H20N4O. The van der Waals surface area contributed by atoms with Crippen LogP contribution in [-0.2, 0) is 17.7 Å². The first-order valence-electron chi connectivity index (χ1n) is 5.88. The number of ether oxygens (including phenoxy) is 1. The molecule has 1 aromatic rings. The Kier molecular flexibility index (Phi) is 3.93. The summed E-state index contributed by atoms with van der Waals surface area (Å²) in [6, 6.07) is 0.289. The minimum absolute atomic E-state index is 0.289. The van der Waals surface area contributed by atoms with Gasteiger partial charge in [0.2, 0.25) is 0 Å². The van der Waals surface area contributed by atoms with Crippen LogP contribution >= 0.6 is 0 Å². The van der Waals surface area contributed by atoms with E-state index in [9.17, 15) is 0 Å². The number of hydrogen-bond donors (Lipinski definition) is 2. The van der Waals surface area contributed by atoms with Gasteiger partial charge < -0.3 is 4.74 Å². The number of nitrogens with one attached hydrogen (secondary N) is 1. The number of rotatable bonds is 5. The summed E-state index contributed by atoms with van der Waals surface area (Å²) in [6.45, 7) is 4.67. The first kappa shape index (κ1) is 11.6. The average Bonchev–Trinajstić information content (AvgIpc) is 2.96. The van der Waals surface area contributed by atoms with E-state index < -0.39 is 0 Å². The smallest absolute Gasteiger partial charge is 0.0522 e. The second-order valence-corrected chi connectivity index (χ2v) is 4.31. The highest BCUT2D eigenvalue weighted by molar-refractivity contribution is 5.07. The lowest BCUT2D eigenvalue weighted by Crippen LogP contribution is -2.42. The number of hydrazine groups is 1. The van der Waals surface area contributed by atoms with Crippen molar-refractivity contribution in [1.82, 2.24) is 15.2 Å². The van der Waals surface area contributed by atoms with Gasteiger partial charge in [-0.1, -0.05) is 0 Å². The Morgan fingerprint density at radius 1 is 1.75 bits per heavy atom. The maximum absolute atomic E-state index is 5.61. The van der Waals surface area contributed by atoms with Crippen LogP contribution in [-0.4, -0.2) is 29.0 Å². The highest BCUT2D eigenvalue weighted by Gasteiger charge is 2.25. The van der Waals surface area contributed by atoms with Crippen LogP contribution in [0.5, 0.6) is 0 Å². The van der Waals surface area contributed by atoms with E-state index in [0.717, 1.165) is 32.6 Å². The Morgan fingerprint density at radius 3 is 3.19 bits per heavy atom. The van der Waals surface area contributed by atoms with Gasteiger partial charge in [-0.05, 0) is 25.3 Å².